The highest BCUT2D eigenvalue weighted by molar-refractivity contribution is 5.57. The molecule has 1 aliphatic carbocycles. The SMILES string of the molecule is c1ccc2c(c1)Oc1ccccc1C21CCCCC1. The number of hydrogen-bond acceptors (Lipinski definition) is 1. The summed E-state index contributed by atoms with van der Waals surface area (Å²) >= 11 is 0. The fourth-order valence-electron chi connectivity index (χ4n) is 3.86. The summed E-state index contributed by atoms with van der Waals surface area (Å²) in [4.78, 5) is 0. The minimum absolute atomic E-state index is 0.198. The van der Waals surface area contributed by atoms with Crippen LogP contribution in [-0.2, 0) is 5.41 Å². The fourth-order valence-corrected chi connectivity index (χ4v) is 3.86. The first-order valence-corrected chi connectivity index (χ1v) is 7.27. The minimum Gasteiger partial charge on any atom is -0.457 e. The molecule has 1 saturated carbocycles. The molecule has 1 nitrogen and oxygen atoms in total. The molecule has 1 heterocycles. The van der Waals surface area contributed by atoms with Crippen LogP contribution in [0.25, 0.3) is 0 Å². The molecule has 0 N–H and O–H groups in total. The number of fused-ring (bicyclic) bond motifs is 4. The van der Waals surface area contributed by atoms with Crippen molar-refractivity contribution in [2.75, 3.05) is 0 Å². The van der Waals surface area contributed by atoms with Gasteiger partial charge in [-0.2, -0.15) is 0 Å². The van der Waals surface area contributed by atoms with Gasteiger partial charge in [-0.05, 0) is 25.0 Å². The van der Waals surface area contributed by atoms with E-state index >= 15 is 0 Å². The Labute approximate surface area is 114 Å². The molecule has 0 aromatic heterocycles. The van der Waals surface area contributed by atoms with Crippen LogP contribution < -0.4 is 4.74 Å². The molecule has 96 valence electrons. The largest absolute Gasteiger partial charge is 0.457 e. The summed E-state index contributed by atoms with van der Waals surface area (Å²) in [6.45, 7) is 0. The summed E-state index contributed by atoms with van der Waals surface area (Å²) in [5.74, 6) is 2.12. The Bertz CT molecular complexity index is 561. The second-order valence-electron chi connectivity index (χ2n) is 5.74. The third-order valence-corrected chi connectivity index (χ3v) is 4.73. The molecule has 4 rings (SSSR count). The van der Waals surface area contributed by atoms with Crippen LogP contribution >= 0.6 is 0 Å². The lowest BCUT2D eigenvalue weighted by molar-refractivity contribution is 0.306. The van der Waals surface area contributed by atoms with E-state index in [2.05, 4.69) is 48.5 Å². The molecule has 0 radical (unpaired) electrons. The lowest BCUT2D eigenvalue weighted by Crippen LogP contribution is -2.33. The predicted molar refractivity (Wildman–Crippen MR) is 76.8 cm³/mol. The summed E-state index contributed by atoms with van der Waals surface area (Å²) in [7, 11) is 0. The smallest absolute Gasteiger partial charge is 0.131 e. The van der Waals surface area contributed by atoms with Crippen molar-refractivity contribution in [3.8, 4) is 11.5 Å². The van der Waals surface area contributed by atoms with Gasteiger partial charge in [0.05, 0.1) is 0 Å². The van der Waals surface area contributed by atoms with Gasteiger partial charge in [-0.3, -0.25) is 0 Å². The van der Waals surface area contributed by atoms with Gasteiger partial charge in [0.1, 0.15) is 11.5 Å². The monoisotopic (exact) mass is 250 g/mol. The normalized spacial score (nSPS) is 19.4. The van der Waals surface area contributed by atoms with Gasteiger partial charge in [0, 0.05) is 16.5 Å². The van der Waals surface area contributed by atoms with Gasteiger partial charge in [-0.15, -0.1) is 0 Å². The zero-order valence-corrected chi connectivity index (χ0v) is 11.1. The lowest BCUT2D eigenvalue weighted by Gasteiger charge is -2.42. The van der Waals surface area contributed by atoms with Crippen molar-refractivity contribution in [3.05, 3.63) is 59.7 Å². The summed E-state index contributed by atoms with van der Waals surface area (Å²) in [5, 5.41) is 0. The van der Waals surface area contributed by atoms with E-state index in [4.69, 9.17) is 4.74 Å². The average molecular weight is 250 g/mol. The van der Waals surface area contributed by atoms with Crippen LogP contribution in [0, 0.1) is 0 Å². The van der Waals surface area contributed by atoms with Gasteiger partial charge in [-0.25, -0.2) is 0 Å². The number of benzene rings is 2. The minimum atomic E-state index is 0.198. The van der Waals surface area contributed by atoms with E-state index in [9.17, 15) is 0 Å². The topological polar surface area (TPSA) is 9.23 Å². The summed E-state index contributed by atoms with van der Waals surface area (Å²) < 4.78 is 6.10. The maximum atomic E-state index is 6.10. The molecular weight excluding hydrogens is 232 g/mol. The second-order valence-corrected chi connectivity index (χ2v) is 5.74. The number of hydrogen-bond donors (Lipinski definition) is 0. The lowest BCUT2D eigenvalue weighted by atomic mass is 9.64. The first-order valence-electron chi connectivity index (χ1n) is 7.27. The van der Waals surface area contributed by atoms with Crippen molar-refractivity contribution in [3.63, 3.8) is 0 Å². The molecule has 2 aromatic rings. The third-order valence-electron chi connectivity index (χ3n) is 4.73. The number of rotatable bonds is 0. The maximum absolute atomic E-state index is 6.10. The summed E-state index contributed by atoms with van der Waals surface area (Å²) in [6, 6.07) is 17.2. The Balaban J connectivity index is 1.98. The van der Waals surface area contributed by atoms with Gasteiger partial charge in [0.2, 0.25) is 0 Å². The van der Waals surface area contributed by atoms with Crippen LogP contribution in [0.1, 0.15) is 43.2 Å². The molecule has 19 heavy (non-hydrogen) atoms. The van der Waals surface area contributed by atoms with Crippen LogP contribution in [0.15, 0.2) is 48.5 Å². The fraction of sp³-hybridized carbons (Fsp3) is 0.333. The van der Waals surface area contributed by atoms with E-state index in [1.54, 1.807) is 0 Å². The molecule has 0 atom stereocenters. The van der Waals surface area contributed by atoms with Gasteiger partial charge >= 0.3 is 0 Å². The number of ether oxygens (including phenoxy) is 1. The molecule has 1 fully saturated rings. The van der Waals surface area contributed by atoms with Gasteiger partial charge < -0.3 is 4.74 Å². The summed E-state index contributed by atoms with van der Waals surface area (Å²) in [5.41, 5.74) is 2.99. The molecule has 0 amide bonds. The molecule has 0 unspecified atom stereocenters. The Morgan fingerprint density at radius 3 is 1.79 bits per heavy atom. The summed E-state index contributed by atoms with van der Waals surface area (Å²) in [6.07, 6.45) is 6.52. The first-order chi connectivity index (χ1) is 9.40. The van der Waals surface area contributed by atoms with Crippen molar-refractivity contribution >= 4 is 0 Å². The van der Waals surface area contributed by atoms with Crippen molar-refractivity contribution in [1.29, 1.82) is 0 Å². The zero-order chi connectivity index (χ0) is 12.7. The van der Waals surface area contributed by atoms with E-state index in [-0.39, 0.29) is 5.41 Å². The van der Waals surface area contributed by atoms with E-state index < -0.39 is 0 Å². The molecule has 1 spiro atoms. The van der Waals surface area contributed by atoms with Gasteiger partial charge in [0.25, 0.3) is 0 Å². The molecule has 1 aliphatic heterocycles. The van der Waals surface area contributed by atoms with Crippen LogP contribution in [0.2, 0.25) is 0 Å². The van der Waals surface area contributed by atoms with E-state index in [1.807, 2.05) is 0 Å². The van der Waals surface area contributed by atoms with Gasteiger partial charge in [0.15, 0.2) is 0 Å². The van der Waals surface area contributed by atoms with Crippen molar-refractivity contribution in [1.82, 2.24) is 0 Å². The molecule has 0 saturated heterocycles. The van der Waals surface area contributed by atoms with Crippen LogP contribution in [-0.4, -0.2) is 0 Å². The molecule has 0 bridgehead atoms. The third kappa shape index (κ3) is 1.54. The molecule has 1 heteroatoms. The van der Waals surface area contributed by atoms with Gasteiger partial charge in [-0.1, -0.05) is 55.7 Å². The molecule has 2 aliphatic rings. The highest BCUT2D eigenvalue weighted by Gasteiger charge is 2.42. The van der Waals surface area contributed by atoms with E-state index in [1.165, 1.54) is 43.2 Å². The average Bonchev–Trinajstić information content (AvgIpc) is 2.49. The van der Waals surface area contributed by atoms with Crippen LogP contribution in [0.4, 0.5) is 0 Å². The quantitative estimate of drug-likeness (QED) is 0.636. The Kier molecular flexibility index (Phi) is 2.41. The van der Waals surface area contributed by atoms with E-state index in [0.717, 1.165) is 11.5 Å². The Morgan fingerprint density at radius 1 is 0.684 bits per heavy atom. The van der Waals surface area contributed by atoms with E-state index in [0.29, 0.717) is 0 Å². The molecule has 2 aromatic carbocycles. The Hall–Kier alpha value is -1.76. The molecular formula is C18H18O. The van der Waals surface area contributed by atoms with Crippen molar-refractivity contribution < 1.29 is 4.74 Å². The van der Waals surface area contributed by atoms with Crippen LogP contribution in [0.5, 0.6) is 11.5 Å². The van der Waals surface area contributed by atoms with Crippen LogP contribution in [0.3, 0.4) is 0 Å². The maximum Gasteiger partial charge on any atom is 0.131 e. The predicted octanol–water partition coefficient (Wildman–Crippen LogP) is 5.04. The second kappa shape index (κ2) is 4.12. The highest BCUT2D eigenvalue weighted by Crippen LogP contribution is 2.54. The standard InChI is InChI=1S/C18H18O/c1-6-12-18(13-7-1)14-8-2-4-10-16(14)19-17-11-5-3-9-15(17)18/h2-5,8-11H,1,6-7,12-13H2. The van der Waals surface area contributed by atoms with Crippen molar-refractivity contribution in [2.24, 2.45) is 0 Å². The highest BCUT2D eigenvalue weighted by atomic mass is 16.5. The zero-order valence-electron chi connectivity index (χ0n) is 11.1. The van der Waals surface area contributed by atoms with Crippen molar-refractivity contribution in [2.45, 2.75) is 37.5 Å². The first kappa shape index (κ1) is 11.1. The number of para-hydroxylation sites is 2. The Morgan fingerprint density at radius 2 is 1.21 bits per heavy atom.